The molecule has 2 rings (SSSR count). The first-order chi connectivity index (χ1) is 9.75. The Hall–Kier alpha value is -0.0800. The van der Waals surface area contributed by atoms with Crippen molar-refractivity contribution in [2.24, 2.45) is 16.7 Å². The summed E-state index contributed by atoms with van der Waals surface area (Å²) in [6, 6.07) is 1.37. The molecule has 0 saturated heterocycles. The molecule has 2 heteroatoms. The molecule has 0 spiro atoms. The molecule has 0 aromatic carbocycles. The van der Waals surface area contributed by atoms with Crippen molar-refractivity contribution in [2.45, 2.75) is 98.3 Å². The van der Waals surface area contributed by atoms with E-state index in [9.17, 15) is 0 Å². The fourth-order valence-electron chi connectivity index (χ4n) is 4.27. The van der Waals surface area contributed by atoms with E-state index in [1.165, 1.54) is 38.5 Å². The zero-order chi connectivity index (χ0) is 15.7. The average Bonchev–Trinajstić information content (AvgIpc) is 2.62. The van der Waals surface area contributed by atoms with Crippen molar-refractivity contribution >= 4 is 0 Å². The summed E-state index contributed by atoms with van der Waals surface area (Å²) in [5.41, 5.74) is 0.774. The first kappa shape index (κ1) is 17.3. The van der Waals surface area contributed by atoms with Gasteiger partial charge in [0.1, 0.15) is 0 Å². The van der Waals surface area contributed by atoms with Crippen molar-refractivity contribution in [3.05, 3.63) is 0 Å². The van der Waals surface area contributed by atoms with E-state index in [4.69, 9.17) is 4.74 Å². The Kier molecular flexibility index (Phi) is 5.41. The number of ether oxygens (including phenoxy) is 1. The van der Waals surface area contributed by atoms with Crippen LogP contribution in [-0.4, -0.2) is 24.8 Å². The standard InChI is InChI=1S/C19H37NO/c1-7-21-17-13-16(19(17,5)6)20-15-10-8-9-14(11-12-15)18(2,3)4/h14-17,20H,7-13H2,1-6H3. The van der Waals surface area contributed by atoms with Crippen molar-refractivity contribution in [1.82, 2.24) is 5.32 Å². The lowest BCUT2D eigenvalue weighted by Crippen LogP contribution is -2.62. The lowest BCUT2D eigenvalue weighted by molar-refractivity contribution is -0.116. The molecule has 0 amide bonds. The Labute approximate surface area is 132 Å². The molecule has 0 aromatic rings. The topological polar surface area (TPSA) is 21.3 Å². The summed E-state index contributed by atoms with van der Waals surface area (Å²) in [5, 5.41) is 3.97. The minimum atomic E-state index is 0.297. The van der Waals surface area contributed by atoms with Gasteiger partial charge in [0, 0.05) is 24.1 Å². The van der Waals surface area contributed by atoms with E-state index < -0.39 is 0 Å². The van der Waals surface area contributed by atoms with Gasteiger partial charge in [-0.05, 0) is 50.4 Å². The van der Waals surface area contributed by atoms with Gasteiger partial charge in [-0.3, -0.25) is 0 Å². The average molecular weight is 296 g/mol. The Balaban J connectivity index is 1.82. The highest BCUT2D eigenvalue weighted by Crippen LogP contribution is 2.44. The second kappa shape index (κ2) is 6.58. The van der Waals surface area contributed by atoms with Gasteiger partial charge >= 0.3 is 0 Å². The van der Waals surface area contributed by atoms with Gasteiger partial charge in [-0.2, -0.15) is 0 Å². The number of nitrogens with one attached hydrogen (secondary N) is 1. The van der Waals surface area contributed by atoms with Crippen molar-refractivity contribution < 1.29 is 4.74 Å². The second-order valence-corrected chi connectivity index (χ2v) is 8.99. The minimum absolute atomic E-state index is 0.297. The molecule has 21 heavy (non-hydrogen) atoms. The molecule has 124 valence electrons. The van der Waals surface area contributed by atoms with Crippen LogP contribution >= 0.6 is 0 Å². The smallest absolute Gasteiger partial charge is 0.0655 e. The first-order valence-corrected chi connectivity index (χ1v) is 9.12. The maximum atomic E-state index is 5.86. The summed E-state index contributed by atoms with van der Waals surface area (Å²) in [4.78, 5) is 0. The van der Waals surface area contributed by atoms with Crippen molar-refractivity contribution in [2.75, 3.05) is 6.61 Å². The fraction of sp³-hybridized carbons (Fsp3) is 1.00. The first-order valence-electron chi connectivity index (χ1n) is 9.12. The van der Waals surface area contributed by atoms with Gasteiger partial charge in [-0.25, -0.2) is 0 Å². The Bertz CT molecular complexity index is 331. The van der Waals surface area contributed by atoms with Crippen molar-refractivity contribution in [3.63, 3.8) is 0 Å². The third-order valence-electron chi connectivity index (χ3n) is 6.18. The third-order valence-corrected chi connectivity index (χ3v) is 6.18. The summed E-state index contributed by atoms with van der Waals surface area (Å²) < 4.78 is 5.86. The second-order valence-electron chi connectivity index (χ2n) is 8.99. The monoisotopic (exact) mass is 295 g/mol. The molecule has 2 aliphatic rings. The summed E-state index contributed by atoms with van der Waals surface area (Å²) in [5.74, 6) is 0.898. The molecular weight excluding hydrogens is 258 g/mol. The van der Waals surface area contributed by atoms with E-state index in [0.29, 0.717) is 23.0 Å². The van der Waals surface area contributed by atoms with E-state index in [1.54, 1.807) is 0 Å². The van der Waals surface area contributed by atoms with Gasteiger partial charge in [-0.1, -0.05) is 41.0 Å². The Morgan fingerprint density at radius 2 is 1.81 bits per heavy atom. The SMILES string of the molecule is CCOC1CC(NC2CCCC(C(C)(C)C)CC2)C1(C)C. The summed E-state index contributed by atoms with van der Waals surface area (Å²) >= 11 is 0. The zero-order valence-electron chi connectivity index (χ0n) is 15.2. The largest absolute Gasteiger partial charge is 0.378 e. The van der Waals surface area contributed by atoms with Crippen LogP contribution in [0.15, 0.2) is 0 Å². The van der Waals surface area contributed by atoms with Gasteiger partial charge < -0.3 is 10.1 Å². The molecule has 0 heterocycles. The van der Waals surface area contributed by atoms with Crippen LogP contribution in [0.4, 0.5) is 0 Å². The van der Waals surface area contributed by atoms with E-state index >= 15 is 0 Å². The molecular formula is C19H37NO. The molecule has 2 nitrogen and oxygen atoms in total. The van der Waals surface area contributed by atoms with E-state index in [1.807, 2.05) is 0 Å². The molecule has 4 atom stereocenters. The minimum Gasteiger partial charge on any atom is -0.378 e. The zero-order valence-corrected chi connectivity index (χ0v) is 15.2. The van der Waals surface area contributed by atoms with Gasteiger partial charge in [0.15, 0.2) is 0 Å². The maximum Gasteiger partial charge on any atom is 0.0655 e. The van der Waals surface area contributed by atoms with Gasteiger partial charge in [0.25, 0.3) is 0 Å². The summed E-state index contributed by atoms with van der Waals surface area (Å²) in [6.07, 6.45) is 8.56. The predicted octanol–water partition coefficient (Wildman–Crippen LogP) is 4.77. The molecule has 0 bridgehead atoms. The van der Waals surface area contributed by atoms with Crippen LogP contribution in [-0.2, 0) is 4.74 Å². The molecule has 2 fully saturated rings. The quantitative estimate of drug-likeness (QED) is 0.754. The molecule has 0 aliphatic heterocycles. The highest BCUT2D eigenvalue weighted by atomic mass is 16.5. The van der Waals surface area contributed by atoms with E-state index in [2.05, 4.69) is 46.9 Å². The van der Waals surface area contributed by atoms with Crippen LogP contribution < -0.4 is 5.32 Å². The molecule has 2 saturated carbocycles. The molecule has 4 unspecified atom stereocenters. The predicted molar refractivity (Wildman–Crippen MR) is 90.6 cm³/mol. The van der Waals surface area contributed by atoms with E-state index in [0.717, 1.165) is 18.6 Å². The highest BCUT2D eigenvalue weighted by molar-refractivity contribution is 5.03. The van der Waals surface area contributed by atoms with E-state index in [-0.39, 0.29) is 0 Å². The van der Waals surface area contributed by atoms with Crippen molar-refractivity contribution in [3.8, 4) is 0 Å². The van der Waals surface area contributed by atoms with Crippen LogP contribution in [0.3, 0.4) is 0 Å². The summed E-state index contributed by atoms with van der Waals surface area (Å²) in [7, 11) is 0. The van der Waals surface area contributed by atoms with Gasteiger partial charge in [0.2, 0.25) is 0 Å². The number of rotatable bonds is 4. The molecule has 2 aliphatic carbocycles. The van der Waals surface area contributed by atoms with Crippen LogP contribution in [0.2, 0.25) is 0 Å². The molecule has 1 N–H and O–H groups in total. The van der Waals surface area contributed by atoms with Crippen LogP contribution in [0.25, 0.3) is 0 Å². The van der Waals surface area contributed by atoms with Crippen molar-refractivity contribution in [1.29, 1.82) is 0 Å². The third kappa shape index (κ3) is 4.01. The highest BCUT2D eigenvalue weighted by Gasteiger charge is 2.49. The fourth-order valence-corrected chi connectivity index (χ4v) is 4.27. The normalized spacial score (nSPS) is 36.9. The van der Waals surface area contributed by atoms with Gasteiger partial charge in [0.05, 0.1) is 6.10 Å². The number of hydrogen-bond donors (Lipinski definition) is 1. The maximum absolute atomic E-state index is 5.86. The lowest BCUT2D eigenvalue weighted by atomic mass is 9.64. The lowest BCUT2D eigenvalue weighted by Gasteiger charge is -2.53. The Morgan fingerprint density at radius 1 is 1.10 bits per heavy atom. The van der Waals surface area contributed by atoms with Crippen LogP contribution in [0.1, 0.15) is 80.1 Å². The Morgan fingerprint density at radius 3 is 2.38 bits per heavy atom. The van der Waals surface area contributed by atoms with Crippen LogP contribution in [0.5, 0.6) is 0 Å². The summed E-state index contributed by atoms with van der Waals surface area (Å²) in [6.45, 7) is 14.9. The van der Waals surface area contributed by atoms with Crippen LogP contribution in [0, 0.1) is 16.7 Å². The number of hydrogen-bond acceptors (Lipinski definition) is 2. The van der Waals surface area contributed by atoms with Gasteiger partial charge in [-0.15, -0.1) is 0 Å². The molecule has 0 aromatic heterocycles. The molecule has 0 radical (unpaired) electrons.